The fourth-order valence-electron chi connectivity index (χ4n) is 5.69. The van der Waals surface area contributed by atoms with Crippen LogP contribution in [0.1, 0.15) is 55.8 Å². The number of hydrogen-bond acceptors (Lipinski definition) is 4. The summed E-state index contributed by atoms with van der Waals surface area (Å²) in [6, 6.07) is 11.1. The third-order valence-corrected chi connectivity index (χ3v) is 7.78. The van der Waals surface area contributed by atoms with E-state index in [2.05, 4.69) is 9.88 Å². The van der Waals surface area contributed by atoms with Crippen LogP contribution in [0.25, 0.3) is 10.9 Å². The van der Waals surface area contributed by atoms with E-state index in [0.29, 0.717) is 62.0 Å². The van der Waals surface area contributed by atoms with Crippen molar-refractivity contribution in [3.05, 3.63) is 71.4 Å². The van der Waals surface area contributed by atoms with Gasteiger partial charge >= 0.3 is 5.97 Å². The number of piperidine rings is 1. The monoisotopic (exact) mass is 528 g/mol. The number of ether oxygens (including phenoxy) is 1. The van der Waals surface area contributed by atoms with Gasteiger partial charge in [-0.2, -0.15) is 0 Å². The maximum atomic E-state index is 15.5. The molecular weight excluding hydrogens is 493 g/mol. The van der Waals surface area contributed by atoms with E-state index in [1.165, 1.54) is 18.2 Å². The molecule has 4 rings (SSSR count). The van der Waals surface area contributed by atoms with E-state index in [9.17, 15) is 18.7 Å². The van der Waals surface area contributed by atoms with Crippen molar-refractivity contribution in [2.24, 2.45) is 11.8 Å². The highest BCUT2D eigenvalue weighted by atomic mass is 19.1. The van der Waals surface area contributed by atoms with Crippen LogP contribution in [0.3, 0.4) is 0 Å². The number of halogens is 3. The number of hydrogen-bond donors (Lipinski definition) is 1. The molecule has 38 heavy (non-hydrogen) atoms. The van der Waals surface area contributed by atoms with Gasteiger partial charge in [-0.15, -0.1) is 0 Å². The number of pyridine rings is 1. The maximum Gasteiger partial charge on any atom is 0.303 e. The van der Waals surface area contributed by atoms with Gasteiger partial charge in [-0.25, -0.2) is 13.2 Å². The highest BCUT2D eigenvalue weighted by Crippen LogP contribution is 2.36. The summed E-state index contributed by atoms with van der Waals surface area (Å²) in [6.07, 6.45) is 3.83. The molecule has 5 nitrogen and oxygen atoms in total. The predicted molar refractivity (Wildman–Crippen MR) is 141 cm³/mol. The molecule has 1 aromatic heterocycles. The van der Waals surface area contributed by atoms with E-state index in [1.54, 1.807) is 25.4 Å². The zero-order valence-electron chi connectivity index (χ0n) is 21.7. The molecule has 1 aliphatic rings. The van der Waals surface area contributed by atoms with E-state index in [4.69, 9.17) is 4.74 Å². The molecule has 8 heteroatoms. The van der Waals surface area contributed by atoms with Crippen LogP contribution in [0.2, 0.25) is 0 Å². The number of benzene rings is 2. The second-order valence-electron chi connectivity index (χ2n) is 10.2. The number of nitrogens with zero attached hydrogens (tertiary/aromatic N) is 2. The molecule has 204 valence electrons. The van der Waals surface area contributed by atoms with Crippen molar-refractivity contribution in [3.8, 4) is 5.75 Å². The molecule has 3 atom stereocenters. The second-order valence-corrected chi connectivity index (χ2v) is 10.2. The number of likely N-dealkylation sites (tertiary alicyclic amines) is 1. The smallest absolute Gasteiger partial charge is 0.303 e. The first-order valence-corrected chi connectivity index (χ1v) is 13.3. The van der Waals surface area contributed by atoms with Gasteiger partial charge in [0, 0.05) is 30.1 Å². The van der Waals surface area contributed by atoms with Crippen molar-refractivity contribution < 1.29 is 27.8 Å². The highest BCUT2D eigenvalue weighted by molar-refractivity contribution is 5.83. The summed E-state index contributed by atoms with van der Waals surface area (Å²) in [5, 5.41) is 10.0. The van der Waals surface area contributed by atoms with Gasteiger partial charge in [0.25, 0.3) is 0 Å². The molecule has 1 N–H and O–H groups in total. The molecule has 1 saturated heterocycles. The van der Waals surface area contributed by atoms with Crippen molar-refractivity contribution in [1.29, 1.82) is 0 Å². The largest absolute Gasteiger partial charge is 0.497 e. The lowest BCUT2D eigenvalue weighted by Crippen LogP contribution is -2.41. The van der Waals surface area contributed by atoms with Gasteiger partial charge in [0.05, 0.1) is 12.6 Å². The zero-order valence-corrected chi connectivity index (χ0v) is 21.7. The van der Waals surface area contributed by atoms with Gasteiger partial charge in [-0.05, 0) is 105 Å². The van der Waals surface area contributed by atoms with Crippen LogP contribution in [-0.4, -0.2) is 47.7 Å². The molecule has 0 radical (unpaired) electrons. The third kappa shape index (κ3) is 7.04. The van der Waals surface area contributed by atoms with Crippen LogP contribution in [-0.2, 0) is 11.2 Å². The van der Waals surface area contributed by atoms with Crippen molar-refractivity contribution in [2.45, 2.75) is 51.1 Å². The van der Waals surface area contributed by atoms with Gasteiger partial charge in [-0.3, -0.25) is 9.78 Å². The first-order valence-electron chi connectivity index (χ1n) is 13.3. The lowest BCUT2D eigenvalue weighted by molar-refractivity contribution is -0.137. The molecule has 0 saturated carbocycles. The van der Waals surface area contributed by atoms with Gasteiger partial charge in [0.15, 0.2) is 0 Å². The molecule has 2 unspecified atom stereocenters. The standard InChI is InChI=1S/C30H35F3N2O3/c1-38-22-9-11-29-25(18-22)23(13-15-34-29)28(33)10-7-20-14-17-35(19-21(20)8-12-30(36)37)16-3-4-24-26(31)5-2-6-27(24)32/h2,5-6,9,11,13,15,18,20-21,28H,3-4,7-8,10,12,14,16-17,19H2,1H3,(H,36,37)/t20?,21?,28-/m0/s1. The molecule has 0 amide bonds. The minimum Gasteiger partial charge on any atom is -0.497 e. The Kier molecular flexibility index (Phi) is 9.61. The number of fused-ring (bicyclic) bond motifs is 1. The first-order chi connectivity index (χ1) is 18.4. The molecule has 3 aromatic rings. The summed E-state index contributed by atoms with van der Waals surface area (Å²) in [6.45, 7) is 2.20. The summed E-state index contributed by atoms with van der Waals surface area (Å²) in [7, 11) is 1.58. The molecule has 2 aromatic carbocycles. The Bertz CT molecular complexity index is 1220. The molecule has 0 aliphatic carbocycles. The number of carboxylic acids is 1. The topological polar surface area (TPSA) is 62.7 Å². The fourth-order valence-corrected chi connectivity index (χ4v) is 5.69. The molecule has 0 spiro atoms. The molecular formula is C30H35F3N2O3. The van der Waals surface area contributed by atoms with Gasteiger partial charge in [0.1, 0.15) is 23.6 Å². The number of carboxylic acid groups (broad SMARTS) is 1. The van der Waals surface area contributed by atoms with Crippen LogP contribution in [0.15, 0.2) is 48.7 Å². The number of alkyl halides is 1. The summed E-state index contributed by atoms with van der Waals surface area (Å²) in [5.74, 6) is -0.884. The van der Waals surface area contributed by atoms with Crippen molar-refractivity contribution in [1.82, 2.24) is 9.88 Å². The number of carbonyl (C=O) groups is 1. The lowest BCUT2D eigenvalue weighted by atomic mass is 9.79. The quantitative estimate of drug-likeness (QED) is 0.282. The number of rotatable bonds is 12. The zero-order chi connectivity index (χ0) is 27.1. The Balaban J connectivity index is 1.36. The molecule has 1 fully saturated rings. The number of methoxy groups -OCH3 is 1. The van der Waals surface area contributed by atoms with Gasteiger partial charge in [0.2, 0.25) is 0 Å². The average Bonchev–Trinajstić information content (AvgIpc) is 2.92. The molecule has 0 bridgehead atoms. The lowest BCUT2D eigenvalue weighted by Gasteiger charge is -2.39. The second kappa shape index (κ2) is 13.1. The maximum absolute atomic E-state index is 15.5. The Morgan fingerprint density at radius 2 is 1.95 bits per heavy atom. The SMILES string of the molecule is COc1ccc2nccc([C@@H](F)CCC3CCN(CCCc4c(F)cccc4F)CC3CCC(=O)O)c2c1. The minimum atomic E-state index is -1.17. The number of aromatic nitrogens is 1. The van der Waals surface area contributed by atoms with Gasteiger partial charge < -0.3 is 14.7 Å². The Morgan fingerprint density at radius 1 is 1.16 bits per heavy atom. The van der Waals surface area contributed by atoms with Crippen LogP contribution >= 0.6 is 0 Å². The van der Waals surface area contributed by atoms with Crippen molar-refractivity contribution in [3.63, 3.8) is 0 Å². The Labute approximate surface area is 221 Å². The normalized spacial score (nSPS) is 18.9. The minimum absolute atomic E-state index is 0.0727. The molecule has 1 aliphatic heterocycles. The average molecular weight is 529 g/mol. The van der Waals surface area contributed by atoms with E-state index in [1.807, 2.05) is 12.1 Å². The first kappa shape index (κ1) is 27.9. The van der Waals surface area contributed by atoms with Gasteiger partial charge in [-0.1, -0.05) is 6.07 Å². The summed E-state index contributed by atoms with van der Waals surface area (Å²) in [4.78, 5) is 17.9. The highest BCUT2D eigenvalue weighted by Gasteiger charge is 2.30. The molecule has 2 heterocycles. The van der Waals surface area contributed by atoms with Crippen molar-refractivity contribution >= 4 is 16.9 Å². The van der Waals surface area contributed by atoms with E-state index >= 15 is 4.39 Å². The predicted octanol–water partition coefficient (Wildman–Crippen LogP) is 6.75. The van der Waals surface area contributed by atoms with E-state index in [0.717, 1.165) is 18.4 Å². The van der Waals surface area contributed by atoms with Crippen LogP contribution in [0.5, 0.6) is 5.75 Å². The summed E-state index contributed by atoms with van der Waals surface area (Å²) in [5.41, 5.74) is 1.42. The Hall–Kier alpha value is -3.13. The summed E-state index contributed by atoms with van der Waals surface area (Å²) >= 11 is 0. The van der Waals surface area contributed by atoms with Crippen LogP contribution in [0, 0.1) is 23.5 Å². The van der Waals surface area contributed by atoms with E-state index in [-0.39, 0.29) is 23.8 Å². The Morgan fingerprint density at radius 3 is 2.68 bits per heavy atom. The number of aliphatic carboxylic acids is 1. The third-order valence-electron chi connectivity index (χ3n) is 7.78. The van der Waals surface area contributed by atoms with Crippen LogP contribution in [0.4, 0.5) is 13.2 Å². The summed E-state index contributed by atoms with van der Waals surface area (Å²) < 4.78 is 48.7. The van der Waals surface area contributed by atoms with Crippen molar-refractivity contribution in [2.75, 3.05) is 26.7 Å². The van der Waals surface area contributed by atoms with Crippen LogP contribution < -0.4 is 4.74 Å². The van der Waals surface area contributed by atoms with E-state index < -0.39 is 23.8 Å². The fraction of sp³-hybridized carbons (Fsp3) is 0.467.